The summed E-state index contributed by atoms with van der Waals surface area (Å²) in [7, 11) is 1.57. The van der Waals surface area contributed by atoms with Crippen molar-refractivity contribution in [1.29, 1.82) is 0 Å². The van der Waals surface area contributed by atoms with Crippen molar-refractivity contribution in [3.05, 3.63) is 59.7 Å². The van der Waals surface area contributed by atoms with E-state index >= 15 is 0 Å². The predicted molar refractivity (Wildman–Crippen MR) is 133 cm³/mol. The molecule has 7 nitrogen and oxygen atoms in total. The molecule has 186 valence electrons. The van der Waals surface area contributed by atoms with Crippen molar-refractivity contribution >= 4 is 18.0 Å². The zero-order valence-corrected chi connectivity index (χ0v) is 20.5. The van der Waals surface area contributed by atoms with Gasteiger partial charge in [-0.05, 0) is 41.5 Å². The van der Waals surface area contributed by atoms with E-state index in [9.17, 15) is 19.5 Å². The Morgan fingerprint density at radius 2 is 1.63 bits per heavy atom. The molecular weight excluding hydrogens is 444 g/mol. The molecule has 2 aliphatic carbocycles. The lowest BCUT2D eigenvalue weighted by Gasteiger charge is -2.35. The van der Waals surface area contributed by atoms with E-state index in [1.54, 1.807) is 7.05 Å². The van der Waals surface area contributed by atoms with Crippen LogP contribution in [-0.4, -0.2) is 53.2 Å². The maximum Gasteiger partial charge on any atom is 0.407 e. The zero-order valence-electron chi connectivity index (χ0n) is 20.5. The Labute approximate surface area is 206 Å². The summed E-state index contributed by atoms with van der Waals surface area (Å²) in [4.78, 5) is 39.1. The molecule has 0 aromatic heterocycles. The van der Waals surface area contributed by atoms with Gasteiger partial charge in [-0.2, -0.15) is 0 Å². The van der Waals surface area contributed by atoms with Crippen molar-refractivity contribution in [2.75, 3.05) is 13.7 Å². The van der Waals surface area contributed by atoms with Gasteiger partial charge in [0, 0.05) is 25.4 Å². The molecule has 1 saturated carbocycles. The van der Waals surface area contributed by atoms with Crippen LogP contribution < -0.4 is 5.32 Å². The summed E-state index contributed by atoms with van der Waals surface area (Å²) in [5.41, 5.74) is 3.46. The minimum Gasteiger partial charge on any atom is -0.479 e. The fraction of sp³-hybridized carbons (Fsp3) is 0.464. The first kappa shape index (κ1) is 24.8. The highest BCUT2D eigenvalue weighted by molar-refractivity contribution is 5.87. The lowest BCUT2D eigenvalue weighted by Crippen LogP contribution is -2.54. The van der Waals surface area contributed by atoms with E-state index in [0.29, 0.717) is 19.3 Å². The van der Waals surface area contributed by atoms with Crippen molar-refractivity contribution in [2.45, 2.75) is 69.4 Å². The van der Waals surface area contributed by atoms with E-state index in [1.165, 1.54) is 4.90 Å². The standard InChI is InChI=1S/C28H34N2O5/c1-3-10-19(17-25(31)30(2)28(26(32)33)15-8-9-16-28)29-27(34)35-18-24-22-13-6-4-11-20(22)21-12-5-7-14-23(21)24/h4-7,11-14,19,24H,3,8-10,15-18H2,1-2H3,(H,29,34)(H,32,33)/t19-/m1/s1. The number of nitrogens with one attached hydrogen (secondary N) is 1. The molecule has 1 fully saturated rings. The van der Waals surface area contributed by atoms with E-state index < -0.39 is 23.6 Å². The average molecular weight is 479 g/mol. The number of fused-ring (bicyclic) bond motifs is 3. The number of benzene rings is 2. The molecule has 0 radical (unpaired) electrons. The normalized spacial score (nSPS) is 16.7. The molecule has 4 rings (SSSR count). The van der Waals surface area contributed by atoms with Crippen molar-refractivity contribution < 1.29 is 24.2 Å². The smallest absolute Gasteiger partial charge is 0.407 e. The third-order valence-corrected chi connectivity index (χ3v) is 7.57. The number of amides is 2. The predicted octanol–water partition coefficient (Wildman–Crippen LogP) is 4.94. The van der Waals surface area contributed by atoms with Gasteiger partial charge in [-0.15, -0.1) is 0 Å². The number of aliphatic carboxylic acids is 1. The second-order valence-corrected chi connectivity index (χ2v) is 9.66. The third kappa shape index (κ3) is 4.90. The number of carbonyl (C=O) groups is 3. The Kier molecular flexibility index (Phi) is 7.43. The highest BCUT2D eigenvalue weighted by atomic mass is 16.5. The molecule has 2 aromatic carbocycles. The van der Waals surface area contributed by atoms with Gasteiger partial charge in [0.15, 0.2) is 0 Å². The van der Waals surface area contributed by atoms with Crippen LogP contribution in [-0.2, 0) is 14.3 Å². The first-order chi connectivity index (χ1) is 16.9. The number of carboxylic acid groups (broad SMARTS) is 1. The van der Waals surface area contributed by atoms with Gasteiger partial charge in [0.25, 0.3) is 0 Å². The zero-order chi connectivity index (χ0) is 25.0. The maximum absolute atomic E-state index is 13.0. The van der Waals surface area contributed by atoms with E-state index in [-0.39, 0.29) is 24.9 Å². The summed E-state index contributed by atoms with van der Waals surface area (Å²) < 4.78 is 5.65. The quantitative estimate of drug-likeness (QED) is 0.532. The highest BCUT2D eigenvalue weighted by Gasteiger charge is 2.47. The van der Waals surface area contributed by atoms with Gasteiger partial charge in [-0.1, -0.05) is 74.7 Å². The summed E-state index contributed by atoms with van der Waals surface area (Å²) in [5.74, 6) is -1.27. The third-order valence-electron chi connectivity index (χ3n) is 7.57. The largest absolute Gasteiger partial charge is 0.479 e. The maximum atomic E-state index is 13.0. The number of nitrogens with zero attached hydrogens (tertiary/aromatic N) is 1. The van der Waals surface area contributed by atoms with Gasteiger partial charge in [-0.25, -0.2) is 9.59 Å². The molecule has 0 bridgehead atoms. The summed E-state index contributed by atoms with van der Waals surface area (Å²) in [6, 6.07) is 15.9. The van der Waals surface area contributed by atoms with Crippen LogP contribution in [0.15, 0.2) is 48.5 Å². The average Bonchev–Trinajstić information content (AvgIpc) is 3.47. The van der Waals surface area contributed by atoms with Crippen molar-refractivity contribution in [3.8, 4) is 11.1 Å². The molecule has 7 heteroatoms. The Hall–Kier alpha value is -3.35. The molecule has 35 heavy (non-hydrogen) atoms. The molecule has 0 aliphatic heterocycles. The van der Waals surface area contributed by atoms with Crippen LogP contribution in [0.4, 0.5) is 4.79 Å². The molecule has 2 N–H and O–H groups in total. The van der Waals surface area contributed by atoms with Crippen molar-refractivity contribution in [2.24, 2.45) is 0 Å². The molecule has 2 aromatic rings. The van der Waals surface area contributed by atoms with Gasteiger partial charge in [0.2, 0.25) is 5.91 Å². The van der Waals surface area contributed by atoms with Gasteiger partial charge < -0.3 is 20.1 Å². The number of likely N-dealkylation sites (N-methyl/N-ethyl adjacent to an activating group) is 1. The van der Waals surface area contributed by atoms with Crippen LogP contribution in [0.3, 0.4) is 0 Å². The molecule has 0 unspecified atom stereocenters. The second kappa shape index (κ2) is 10.5. The van der Waals surface area contributed by atoms with Crippen LogP contribution in [0.25, 0.3) is 11.1 Å². The number of carbonyl (C=O) groups excluding carboxylic acids is 2. The minimum atomic E-state index is -1.14. The SMILES string of the molecule is CCC[C@H](CC(=O)N(C)C1(C(=O)O)CCCC1)NC(=O)OCC1c2ccccc2-c2ccccc21. The fourth-order valence-corrected chi connectivity index (χ4v) is 5.62. The van der Waals surface area contributed by atoms with Crippen LogP contribution in [0.5, 0.6) is 0 Å². The summed E-state index contributed by atoms with van der Waals surface area (Å²) in [5, 5.41) is 12.6. The van der Waals surface area contributed by atoms with E-state index in [1.807, 2.05) is 31.2 Å². The number of hydrogen-bond donors (Lipinski definition) is 2. The Morgan fingerprint density at radius 3 is 2.17 bits per heavy atom. The number of carboxylic acids is 1. The van der Waals surface area contributed by atoms with Crippen molar-refractivity contribution in [3.63, 3.8) is 0 Å². The molecule has 1 atom stereocenters. The minimum absolute atomic E-state index is 0.0386. The molecule has 0 spiro atoms. The van der Waals surface area contributed by atoms with Gasteiger partial charge in [0.05, 0.1) is 0 Å². The van der Waals surface area contributed by atoms with Crippen LogP contribution in [0, 0.1) is 0 Å². The van der Waals surface area contributed by atoms with E-state index in [2.05, 4.69) is 29.6 Å². The number of rotatable bonds is 9. The Morgan fingerprint density at radius 1 is 1.06 bits per heavy atom. The number of alkyl carbamates (subject to hydrolysis) is 1. The van der Waals surface area contributed by atoms with Crippen LogP contribution in [0.1, 0.15) is 68.9 Å². The summed E-state index contributed by atoms with van der Waals surface area (Å²) in [6.07, 6.45) is 3.37. The van der Waals surface area contributed by atoms with Crippen LogP contribution >= 0.6 is 0 Å². The van der Waals surface area contributed by atoms with Gasteiger partial charge in [-0.3, -0.25) is 4.79 Å². The molecule has 0 saturated heterocycles. The summed E-state index contributed by atoms with van der Waals surface area (Å²) >= 11 is 0. The van der Waals surface area contributed by atoms with Gasteiger partial charge in [0.1, 0.15) is 12.1 Å². The van der Waals surface area contributed by atoms with Gasteiger partial charge >= 0.3 is 12.1 Å². The highest BCUT2D eigenvalue weighted by Crippen LogP contribution is 2.44. The molecule has 2 aliphatic rings. The van der Waals surface area contributed by atoms with E-state index in [0.717, 1.165) is 41.5 Å². The first-order valence-electron chi connectivity index (χ1n) is 12.5. The first-order valence-corrected chi connectivity index (χ1v) is 12.5. The summed E-state index contributed by atoms with van der Waals surface area (Å²) in [6.45, 7) is 2.19. The monoisotopic (exact) mass is 478 g/mol. The van der Waals surface area contributed by atoms with E-state index in [4.69, 9.17) is 4.74 Å². The number of hydrogen-bond acceptors (Lipinski definition) is 4. The number of ether oxygens (including phenoxy) is 1. The van der Waals surface area contributed by atoms with Crippen molar-refractivity contribution in [1.82, 2.24) is 10.2 Å². The topological polar surface area (TPSA) is 95.9 Å². The molecule has 0 heterocycles. The molecular formula is C28H34N2O5. The fourth-order valence-electron chi connectivity index (χ4n) is 5.62. The lowest BCUT2D eigenvalue weighted by atomic mass is 9.94. The Bertz CT molecular complexity index is 1050. The lowest BCUT2D eigenvalue weighted by molar-refractivity contribution is -0.157. The molecule has 2 amide bonds. The Balaban J connectivity index is 1.38. The second-order valence-electron chi connectivity index (χ2n) is 9.66. The van der Waals surface area contributed by atoms with Crippen LogP contribution in [0.2, 0.25) is 0 Å².